The number of rotatable bonds is 8. The van der Waals surface area contributed by atoms with Crippen LogP contribution in [-0.4, -0.2) is 39.2 Å². The van der Waals surface area contributed by atoms with Gasteiger partial charge in [0.25, 0.3) is 5.91 Å². The molecule has 0 saturated heterocycles. The number of Topliss-reactive ketones (excluding diaryl/α,β-unsaturated/α-hetero) is 1. The number of fused-ring (bicyclic) bond motifs is 1. The van der Waals surface area contributed by atoms with E-state index < -0.39 is 23.5 Å². The van der Waals surface area contributed by atoms with Crippen LogP contribution in [0.4, 0.5) is 9.52 Å². The van der Waals surface area contributed by atoms with E-state index in [1.165, 1.54) is 43.1 Å². The number of aromatic hydroxyl groups is 1. The second-order valence-electron chi connectivity index (χ2n) is 8.98. The molecule has 0 radical (unpaired) electrons. The third kappa shape index (κ3) is 4.81. The first-order valence-corrected chi connectivity index (χ1v) is 14.0. The van der Waals surface area contributed by atoms with Crippen molar-refractivity contribution in [1.29, 1.82) is 0 Å². The number of ether oxygens (including phenoxy) is 1. The van der Waals surface area contributed by atoms with Crippen molar-refractivity contribution in [1.82, 2.24) is 10.2 Å². The lowest BCUT2D eigenvalue weighted by molar-refractivity contribution is -0.117. The predicted molar refractivity (Wildman–Crippen MR) is 151 cm³/mol. The van der Waals surface area contributed by atoms with E-state index in [1.807, 2.05) is 0 Å². The van der Waals surface area contributed by atoms with Gasteiger partial charge in [-0.05, 0) is 41.5 Å². The second-order valence-corrected chi connectivity index (χ2v) is 11.2. The summed E-state index contributed by atoms with van der Waals surface area (Å²) in [6.45, 7) is 0. The molecule has 1 aliphatic rings. The zero-order chi connectivity index (χ0) is 28.7. The highest BCUT2D eigenvalue weighted by atomic mass is 32.2. The van der Waals surface area contributed by atoms with Crippen molar-refractivity contribution in [3.05, 3.63) is 107 Å². The fraction of sp³-hybridized carbons (Fsp3) is 0.103. The molecule has 0 spiro atoms. The van der Waals surface area contributed by atoms with Crippen LogP contribution < -0.4 is 9.64 Å². The zero-order valence-corrected chi connectivity index (χ0v) is 22.9. The summed E-state index contributed by atoms with van der Waals surface area (Å²) in [6.07, 6.45) is 0. The zero-order valence-electron chi connectivity index (χ0n) is 21.3. The number of furan rings is 1. The van der Waals surface area contributed by atoms with Gasteiger partial charge in [-0.15, -0.1) is 10.2 Å². The van der Waals surface area contributed by atoms with E-state index in [0.29, 0.717) is 32.2 Å². The summed E-state index contributed by atoms with van der Waals surface area (Å²) in [4.78, 5) is 28.5. The molecule has 2 N–H and O–H groups in total. The van der Waals surface area contributed by atoms with Gasteiger partial charge in [-0.2, -0.15) is 0 Å². The molecule has 0 fully saturated rings. The Balaban J connectivity index is 1.38. The number of para-hydroxylation sites is 1. The van der Waals surface area contributed by atoms with Crippen molar-refractivity contribution < 1.29 is 33.3 Å². The number of ketones is 1. The summed E-state index contributed by atoms with van der Waals surface area (Å²) >= 11 is 2.29. The van der Waals surface area contributed by atoms with E-state index in [4.69, 9.17) is 9.15 Å². The number of carbonyl (C=O) groups is 2. The lowest BCUT2D eigenvalue weighted by atomic mass is 9.95. The van der Waals surface area contributed by atoms with Gasteiger partial charge in [0.15, 0.2) is 27.2 Å². The van der Waals surface area contributed by atoms with E-state index in [1.54, 1.807) is 48.5 Å². The van der Waals surface area contributed by atoms with Crippen LogP contribution in [0.3, 0.4) is 0 Å². The Bertz CT molecular complexity index is 1850. The highest BCUT2D eigenvalue weighted by Crippen LogP contribution is 2.45. The number of phenolic OH excluding ortho intramolecular Hbond substituents is 1. The summed E-state index contributed by atoms with van der Waals surface area (Å²) < 4.78 is 25.7. The van der Waals surface area contributed by atoms with E-state index in [2.05, 4.69) is 10.2 Å². The van der Waals surface area contributed by atoms with Gasteiger partial charge in [-0.3, -0.25) is 14.5 Å². The maximum absolute atomic E-state index is 14.1. The van der Waals surface area contributed by atoms with Crippen LogP contribution in [0.2, 0.25) is 0 Å². The summed E-state index contributed by atoms with van der Waals surface area (Å²) in [5, 5.41) is 30.2. The Morgan fingerprint density at radius 3 is 2.68 bits per heavy atom. The lowest BCUT2D eigenvalue weighted by Crippen LogP contribution is -2.31. The lowest BCUT2D eigenvalue weighted by Gasteiger charge is -2.23. The number of aromatic nitrogens is 2. The number of aliphatic hydroxyl groups excluding tert-OH is 1. The molecular weight excluding hydrogens is 569 g/mol. The molecule has 0 aliphatic carbocycles. The molecule has 1 amide bonds. The molecule has 3 aromatic carbocycles. The van der Waals surface area contributed by atoms with Gasteiger partial charge in [-0.25, -0.2) is 4.39 Å². The van der Waals surface area contributed by atoms with Crippen LogP contribution in [0.1, 0.15) is 27.7 Å². The molecule has 12 heteroatoms. The van der Waals surface area contributed by atoms with Crippen molar-refractivity contribution in [3.63, 3.8) is 0 Å². The van der Waals surface area contributed by atoms with Gasteiger partial charge in [0.1, 0.15) is 11.6 Å². The minimum absolute atomic E-state index is 0.0973. The van der Waals surface area contributed by atoms with E-state index >= 15 is 0 Å². The number of hydrogen-bond acceptors (Lipinski definition) is 10. The number of hydrogen-bond donors (Lipinski definition) is 2. The van der Waals surface area contributed by atoms with Crippen LogP contribution >= 0.6 is 23.1 Å². The number of carbonyl (C=O) groups excluding carboxylic acids is 2. The minimum Gasteiger partial charge on any atom is -0.508 e. The Labute approximate surface area is 240 Å². The number of halogens is 1. The Hall–Kier alpha value is -4.68. The highest BCUT2D eigenvalue weighted by molar-refractivity contribution is 8.00. The van der Waals surface area contributed by atoms with Gasteiger partial charge in [0.05, 0.1) is 18.7 Å². The SMILES string of the molecule is COc1cccc2cc(C(=O)C3=C(O)C(=O)N(c4nnc(SCc5ccccc5F)s4)C3c3cccc(O)c3)oc12. The van der Waals surface area contributed by atoms with Gasteiger partial charge in [0.2, 0.25) is 10.9 Å². The van der Waals surface area contributed by atoms with Crippen molar-refractivity contribution in [2.75, 3.05) is 12.0 Å². The number of methoxy groups -OCH3 is 1. The molecule has 1 aliphatic heterocycles. The summed E-state index contributed by atoms with van der Waals surface area (Å²) in [7, 11) is 1.48. The number of amides is 1. The van der Waals surface area contributed by atoms with Crippen molar-refractivity contribution in [3.8, 4) is 11.5 Å². The third-order valence-corrected chi connectivity index (χ3v) is 8.61. The number of benzene rings is 3. The van der Waals surface area contributed by atoms with Gasteiger partial charge in [0, 0.05) is 11.1 Å². The molecule has 3 heterocycles. The first-order valence-electron chi connectivity index (χ1n) is 12.2. The molecule has 1 atom stereocenters. The van der Waals surface area contributed by atoms with Gasteiger partial charge in [-0.1, -0.05) is 65.6 Å². The second kappa shape index (κ2) is 10.7. The third-order valence-electron chi connectivity index (χ3n) is 6.50. The van der Waals surface area contributed by atoms with E-state index in [-0.39, 0.29) is 33.8 Å². The molecule has 41 heavy (non-hydrogen) atoms. The molecule has 0 bridgehead atoms. The van der Waals surface area contributed by atoms with Crippen LogP contribution in [0.25, 0.3) is 11.0 Å². The summed E-state index contributed by atoms with van der Waals surface area (Å²) in [5.41, 5.74) is 0.942. The highest BCUT2D eigenvalue weighted by Gasteiger charge is 2.47. The topological polar surface area (TPSA) is 126 Å². The molecule has 0 saturated carbocycles. The predicted octanol–water partition coefficient (Wildman–Crippen LogP) is 6.21. The molecule has 2 aromatic heterocycles. The maximum Gasteiger partial charge on any atom is 0.296 e. The molecule has 1 unspecified atom stereocenters. The Morgan fingerprint density at radius 1 is 1.10 bits per heavy atom. The quantitative estimate of drug-likeness (QED) is 0.123. The first-order chi connectivity index (χ1) is 19.9. The summed E-state index contributed by atoms with van der Waals surface area (Å²) in [5.74, 6) is -2.20. The fourth-order valence-corrected chi connectivity index (χ4v) is 6.45. The normalized spacial score (nSPS) is 15.2. The molecular formula is C29H20FN3O6S2. The van der Waals surface area contributed by atoms with Crippen LogP contribution in [0.15, 0.2) is 92.9 Å². The Kier molecular flexibility index (Phi) is 6.93. The van der Waals surface area contributed by atoms with Crippen molar-refractivity contribution in [2.24, 2.45) is 0 Å². The average molecular weight is 590 g/mol. The standard InChI is InChI=1S/C29H20FN3O6S2/c1-38-20-11-5-8-16-13-21(39-26(16)20)24(35)22-23(15-7-4-9-18(34)12-15)33(27(37)25(22)36)28-31-32-29(41-28)40-14-17-6-2-3-10-19(17)30/h2-13,23,34,36H,14H2,1H3. The molecule has 5 aromatic rings. The van der Waals surface area contributed by atoms with Gasteiger partial charge < -0.3 is 19.4 Å². The average Bonchev–Trinajstić information content (AvgIpc) is 3.69. The van der Waals surface area contributed by atoms with Crippen LogP contribution in [-0.2, 0) is 10.5 Å². The Morgan fingerprint density at radius 2 is 1.90 bits per heavy atom. The van der Waals surface area contributed by atoms with Crippen LogP contribution in [0.5, 0.6) is 11.5 Å². The maximum atomic E-state index is 14.1. The van der Waals surface area contributed by atoms with Gasteiger partial charge >= 0.3 is 0 Å². The number of aliphatic hydroxyl groups is 1. The molecule has 6 rings (SSSR count). The molecule has 9 nitrogen and oxygen atoms in total. The minimum atomic E-state index is -1.14. The smallest absolute Gasteiger partial charge is 0.296 e. The largest absolute Gasteiger partial charge is 0.508 e. The van der Waals surface area contributed by atoms with Crippen molar-refractivity contribution in [2.45, 2.75) is 16.1 Å². The van der Waals surface area contributed by atoms with E-state index in [9.17, 15) is 24.2 Å². The monoisotopic (exact) mass is 589 g/mol. The number of anilines is 1. The molecule has 206 valence electrons. The van der Waals surface area contributed by atoms with Crippen LogP contribution in [0, 0.1) is 5.82 Å². The van der Waals surface area contributed by atoms with Crippen molar-refractivity contribution >= 4 is 50.9 Å². The van der Waals surface area contributed by atoms with E-state index in [0.717, 1.165) is 16.2 Å². The number of phenols is 1. The number of thioether (sulfide) groups is 1. The fourth-order valence-electron chi connectivity index (χ4n) is 4.60. The summed E-state index contributed by atoms with van der Waals surface area (Å²) in [6, 6.07) is 17.9. The number of nitrogens with zero attached hydrogens (tertiary/aromatic N) is 3. The first kappa shape index (κ1) is 26.5.